The van der Waals surface area contributed by atoms with Gasteiger partial charge in [-0.25, -0.2) is 0 Å². The van der Waals surface area contributed by atoms with Crippen molar-refractivity contribution < 1.29 is 28.9 Å². The average Bonchev–Trinajstić information content (AvgIpc) is 3.04. The van der Waals surface area contributed by atoms with E-state index in [1.54, 1.807) is 41.1 Å². The minimum absolute atomic E-state index is 0.0822. The molecule has 8 nitrogen and oxygen atoms in total. The number of fused-ring (bicyclic) bond motifs is 1. The summed E-state index contributed by atoms with van der Waals surface area (Å²) in [7, 11) is 0. The Kier molecular flexibility index (Phi) is 16.4. The number of aliphatic carboxylic acids is 1. The molecule has 8 heteroatoms. The number of amides is 2. The van der Waals surface area contributed by atoms with Crippen LogP contribution in [-0.2, 0) is 20.9 Å². The molecule has 0 aliphatic carbocycles. The predicted molar refractivity (Wildman–Crippen MR) is 188 cm³/mol. The van der Waals surface area contributed by atoms with Crippen molar-refractivity contribution >= 4 is 45.7 Å². The molecule has 252 valence electrons. The third kappa shape index (κ3) is 13.9. The van der Waals surface area contributed by atoms with Crippen LogP contribution in [0.1, 0.15) is 114 Å². The van der Waals surface area contributed by atoms with Gasteiger partial charge in [-0.2, -0.15) is 4.57 Å². The first-order valence-electron chi connectivity index (χ1n) is 17.3. The van der Waals surface area contributed by atoms with Crippen LogP contribution < -0.4 is 15.2 Å². The van der Waals surface area contributed by atoms with E-state index < -0.39 is 11.9 Å². The van der Waals surface area contributed by atoms with E-state index >= 15 is 0 Å². The Hall–Kier alpha value is -4.33. The highest BCUT2D eigenvalue weighted by Crippen LogP contribution is 2.24. The first kappa shape index (κ1) is 37.1. The number of nitrogens with zero attached hydrogens (tertiary/aromatic N) is 1. The zero-order chi connectivity index (χ0) is 33.9. The maximum Gasteiger partial charge on any atom is 0.304 e. The number of hydrogen-bond donors (Lipinski definition) is 3. The van der Waals surface area contributed by atoms with Gasteiger partial charge >= 0.3 is 5.97 Å². The number of allylic oxidation sites excluding steroid dienone is 2. The number of Topliss-reactive ketones (excluding diaryl/α,β-unsaturated/α-hetero) is 1. The molecule has 2 amide bonds. The fourth-order valence-corrected chi connectivity index (χ4v) is 5.71. The number of carboxylic acid groups (broad SMARTS) is 1. The highest BCUT2D eigenvalue weighted by molar-refractivity contribution is 6.03. The second-order valence-electron chi connectivity index (χ2n) is 12.4. The number of hydrogen-bond acceptors (Lipinski definition) is 4. The summed E-state index contributed by atoms with van der Waals surface area (Å²) in [6.45, 7) is 3.80. The molecule has 47 heavy (non-hydrogen) atoms. The van der Waals surface area contributed by atoms with Crippen LogP contribution in [0.4, 0.5) is 11.4 Å². The van der Waals surface area contributed by atoms with E-state index in [-0.39, 0.29) is 30.6 Å². The van der Waals surface area contributed by atoms with Crippen LogP contribution in [0.15, 0.2) is 73.1 Å². The molecule has 1 heterocycles. The summed E-state index contributed by atoms with van der Waals surface area (Å²) in [5.74, 6) is -2.27. The van der Waals surface area contributed by atoms with Crippen LogP contribution in [0.3, 0.4) is 0 Å². The van der Waals surface area contributed by atoms with E-state index in [0.29, 0.717) is 23.4 Å². The summed E-state index contributed by atoms with van der Waals surface area (Å²) in [6, 6.07) is 14.1. The van der Waals surface area contributed by atoms with Crippen LogP contribution in [-0.4, -0.2) is 28.7 Å². The van der Waals surface area contributed by atoms with Gasteiger partial charge in [0.2, 0.25) is 24.1 Å². The van der Waals surface area contributed by atoms with Crippen molar-refractivity contribution in [2.45, 2.75) is 110 Å². The molecule has 0 bridgehead atoms. The highest BCUT2D eigenvalue weighted by atomic mass is 16.4. The Balaban J connectivity index is 1.49. The lowest BCUT2D eigenvalue weighted by Gasteiger charge is -2.14. The molecule has 0 spiro atoms. The van der Waals surface area contributed by atoms with Crippen molar-refractivity contribution in [1.29, 1.82) is 0 Å². The first-order valence-corrected chi connectivity index (χ1v) is 17.3. The van der Waals surface area contributed by atoms with E-state index in [0.717, 1.165) is 23.6 Å². The van der Waals surface area contributed by atoms with Crippen molar-refractivity contribution in [1.82, 2.24) is 0 Å². The standard InChI is InChI=1S/C39H51N3O5/c1-3-4-5-6-7-8-9-10-11-12-13-14-15-16-18-32(27-38(45)46)39(47)41-36-20-17-19-33-28-42(26-25-35(33)36)29-37(44)31-21-23-34(24-22-31)40-30(2)43/h15-17,19-26,28,32H,3-14,18,27,29H2,1-2H3,(H2-,40,41,43,44,45,46,47)/p+1. The Morgan fingerprint density at radius 2 is 1.47 bits per heavy atom. The number of ketones is 1. The van der Waals surface area contributed by atoms with E-state index in [4.69, 9.17) is 0 Å². The molecular formula is C39H52N3O5+. The molecule has 1 atom stereocenters. The molecule has 0 fully saturated rings. The lowest BCUT2D eigenvalue weighted by molar-refractivity contribution is -0.681. The number of carbonyl (C=O) groups is 4. The van der Waals surface area contributed by atoms with Gasteiger partial charge in [0.1, 0.15) is 0 Å². The summed E-state index contributed by atoms with van der Waals surface area (Å²) in [6.07, 6.45) is 23.0. The molecule has 0 saturated carbocycles. The molecule has 0 radical (unpaired) electrons. The average molecular weight is 643 g/mol. The normalized spacial score (nSPS) is 11.9. The molecule has 2 aromatic carbocycles. The zero-order valence-electron chi connectivity index (χ0n) is 28.1. The fraction of sp³-hybridized carbons (Fsp3) is 0.462. The lowest BCUT2D eigenvalue weighted by atomic mass is 9.99. The SMILES string of the molecule is CCCCCCCCCCCCCC=CCC(CC(=O)O)C(=O)Nc1cccc2c[n+](CC(=O)c3ccc(NC(C)=O)cc3)ccc12. The number of nitrogens with one attached hydrogen (secondary N) is 2. The number of pyridine rings is 1. The van der Waals surface area contributed by atoms with Crippen molar-refractivity contribution in [3.63, 3.8) is 0 Å². The third-order valence-electron chi connectivity index (χ3n) is 8.34. The molecule has 3 N–H and O–H groups in total. The minimum Gasteiger partial charge on any atom is -0.481 e. The largest absolute Gasteiger partial charge is 0.481 e. The van der Waals surface area contributed by atoms with E-state index in [2.05, 4.69) is 23.6 Å². The molecule has 3 aromatic rings. The molecule has 1 aromatic heterocycles. The molecular weight excluding hydrogens is 590 g/mol. The number of carbonyl (C=O) groups excluding carboxylic acids is 3. The first-order chi connectivity index (χ1) is 22.8. The number of unbranched alkanes of at least 4 members (excludes halogenated alkanes) is 11. The topological polar surface area (TPSA) is 116 Å². The van der Waals surface area contributed by atoms with E-state index in [1.165, 1.54) is 71.1 Å². The smallest absolute Gasteiger partial charge is 0.304 e. The number of carboxylic acids is 1. The van der Waals surface area contributed by atoms with Gasteiger partial charge in [-0.05, 0) is 55.7 Å². The van der Waals surface area contributed by atoms with Crippen LogP contribution >= 0.6 is 0 Å². The Bertz CT molecular complexity index is 1480. The highest BCUT2D eigenvalue weighted by Gasteiger charge is 2.22. The van der Waals surface area contributed by atoms with E-state index in [9.17, 15) is 24.3 Å². The van der Waals surface area contributed by atoms with Gasteiger partial charge in [0, 0.05) is 40.7 Å². The number of anilines is 2. The van der Waals surface area contributed by atoms with Gasteiger partial charge in [-0.3, -0.25) is 19.2 Å². The molecule has 0 aliphatic rings. The summed E-state index contributed by atoms with van der Waals surface area (Å²) in [5, 5.41) is 16.7. The predicted octanol–water partition coefficient (Wildman–Crippen LogP) is 8.65. The van der Waals surface area contributed by atoms with Gasteiger partial charge in [0.25, 0.3) is 0 Å². The molecule has 1 unspecified atom stereocenters. The minimum atomic E-state index is -1.00. The summed E-state index contributed by atoms with van der Waals surface area (Å²) in [4.78, 5) is 48.9. The van der Waals surface area contributed by atoms with Crippen molar-refractivity contribution in [3.05, 3.63) is 78.6 Å². The Labute approximate surface area is 279 Å². The quantitative estimate of drug-likeness (QED) is 0.0439. The van der Waals surface area contributed by atoms with Gasteiger partial charge < -0.3 is 15.7 Å². The number of aromatic nitrogens is 1. The third-order valence-corrected chi connectivity index (χ3v) is 8.34. The van der Waals surface area contributed by atoms with Crippen molar-refractivity contribution in [3.8, 4) is 0 Å². The maximum absolute atomic E-state index is 13.2. The second-order valence-corrected chi connectivity index (χ2v) is 12.4. The van der Waals surface area contributed by atoms with Crippen molar-refractivity contribution in [2.24, 2.45) is 5.92 Å². The lowest BCUT2D eigenvalue weighted by Crippen LogP contribution is -2.37. The summed E-state index contributed by atoms with van der Waals surface area (Å²) < 4.78 is 1.78. The summed E-state index contributed by atoms with van der Waals surface area (Å²) in [5.41, 5.74) is 1.76. The molecule has 0 aliphatic heterocycles. The van der Waals surface area contributed by atoms with Crippen LogP contribution in [0, 0.1) is 5.92 Å². The zero-order valence-corrected chi connectivity index (χ0v) is 28.1. The summed E-state index contributed by atoms with van der Waals surface area (Å²) >= 11 is 0. The Morgan fingerprint density at radius 3 is 2.11 bits per heavy atom. The fourth-order valence-electron chi connectivity index (χ4n) is 5.71. The number of rotatable bonds is 22. The van der Waals surface area contributed by atoms with Gasteiger partial charge in [0.15, 0.2) is 12.4 Å². The van der Waals surface area contributed by atoms with Crippen molar-refractivity contribution in [2.75, 3.05) is 10.6 Å². The number of benzene rings is 2. The van der Waals surface area contributed by atoms with Crippen LogP contribution in [0.25, 0.3) is 10.8 Å². The second kappa shape index (κ2) is 20.7. The van der Waals surface area contributed by atoms with Crippen LogP contribution in [0.2, 0.25) is 0 Å². The monoisotopic (exact) mass is 642 g/mol. The molecule has 0 saturated heterocycles. The Morgan fingerprint density at radius 1 is 0.809 bits per heavy atom. The van der Waals surface area contributed by atoms with Gasteiger partial charge in [0.05, 0.1) is 12.3 Å². The molecule has 3 rings (SSSR count). The van der Waals surface area contributed by atoms with Gasteiger partial charge in [-0.1, -0.05) is 89.4 Å². The maximum atomic E-state index is 13.2. The van der Waals surface area contributed by atoms with Crippen LogP contribution in [0.5, 0.6) is 0 Å². The van der Waals surface area contributed by atoms with Gasteiger partial charge in [-0.15, -0.1) is 0 Å². The van der Waals surface area contributed by atoms with E-state index in [1.807, 2.05) is 30.5 Å².